The van der Waals surface area contributed by atoms with Crippen molar-refractivity contribution in [3.8, 4) is 0 Å². The van der Waals surface area contributed by atoms with E-state index in [9.17, 15) is 9.59 Å². The normalized spacial score (nSPS) is 11.3. The Bertz CT molecular complexity index is 335. The van der Waals surface area contributed by atoms with Gasteiger partial charge in [0.05, 0.1) is 0 Å². The molecule has 0 unspecified atom stereocenters. The molecule has 0 N–H and O–H groups in total. The summed E-state index contributed by atoms with van der Waals surface area (Å²) in [6, 6.07) is 0.512. The molecule has 0 rings (SSSR count). The third-order valence-electron chi connectivity index (χ3n) is 4.33. The van der Waals surface area contributed by atoms with Crippen molar-refractivity contribution in [1.29, 1.82) is 0 Å². The van der Waals surface area contributed by atoms with Gasteiger partial charge in [-0.25, -0.2) is 0 Å². The van der Waals surface area contributed by atoms with Crippen LogP contribution in [0.2, 0.25) is 0 Å². The first kappa shape index (κ1) is 22.4. The van der Waals surface area contributed by atoms with E-state index in [2.05, 4.69) is 38.4 Å². The van der Waals surface area contributed by atoms with Crippen LogP contribution < -0.4 is 0 Å². The number of amides is 1. The van der Waals surface area contributed by atoms with Gasteiger partial charge < -0.3 is 9.80 Å². The predicted molar refractivity (Wildman–Crippen MR) is 101 cm³/mol. The summed E-state index contributed by atoms with van der Waals surface area (Å²) in [6.45, 7) is 6.03. The zero-order valence-corrected chi connectivity index (χ0v) is 16.4. The van der Waals surface area contributed by atoms with Crippen LogP contribution in [0.5, 0.6) is 0 Å². The van der Waals surface area contributed by atoms with Gasteiger partial charge in [0, 0.05) is 45.4 Å². The van der Waals surface area contributed by atoms with Crippen molar-refractivity contribution >= 4 is 24.3 Å². The number of rotatable bonds is 14. The zero-order chi connectivity index (χ0) is 17.7. The van der Waals surface area contributed by atoms with E-state index in [4.69, 9.17) is 0 Å². The molecule has 0 aliphatic rings. The molecule has 136 valence electrons. The number of hydrogen-bond donors (Lipinski definition) is 1. The van der Waals surface area contributed by atoms with Crippen molar-refractivity contribution in [3.05, 3.63) is 0 Å². The van der Waals surface area contributed by atoms with Crippen molar-refractivity contribution in [2.75, 3.05) is 32.9 Å². The summed E-state index contributed by atoms with van der Waals surface area (Å²) in [5.74, 6) is 1.22. The third kappa shape index (κ3) is 12.5. The molecule has 1 amide bonds. The van der Waals surface area contributed by atoms with Crippen molar-refractivity contribution in [3.63, 3.8) is 0 Å². The number of nitrogens with zero attached hydrogens (tertiary/aromatic N) is 2. The van der Waals surface area contributed by atoms with Gasteiger partial charge in [0.25, 0.3) is 0 Å². The minimum Gasteiger partial charge on any atom is -0.344 e. The van der Waals surface area contributed by atoms with Crippen LogP contribution in [0.1, 0.15) is 65.2 Å². The summed E-state index contributed by atoms with van der Waals surface area (Å²) in [7, 11) is 3.98. The van der Waals surface area contributed by atoms with E-state index in [0.29, 0.717) is 36.8 Å². The number of ketones is 1. The Balaban J connectivity index is 3.57. The molecule has 0 aliphatic carbocycles. The average Bonchev–Trinajstić information content (AvgIpc) is 2.51. The molecular weight excluding hydrogens is 308 g/mol. The molecule has 0 saturated heterocycles. The number of Topliss-reactive ketones (excluding diaryl/α,β-unsaturated/α-hetero) is 1. The van der Waals surface area contributed by atoms with Crippen LogP contribution in [0.3, 0.4) is 0 Å². The van der Waals surface area contributed by atoms with Crippen molar-refractivity contribution in [1.82, 2.24) is 9.80 Å². The highest BCUT2D eigenvalue weighted by Crippen LogP contribution is 2.09. The topological polar surface area (TPSA) is 40.6 Å². The van der Waals surface area contributed by atoms with Crippen LogP contribution in [0.4, 0.5) is 0 Å². The monoisotopic (exact) mass is 344 g/mol. The summed E-state index contributed by atoms with van der Waals surface area (Å²) < 4.78 is 0. The van der Waals surface area contributed by atoms with Crippen molar-refractivity contribution < 1.29 is 9.59 Å². The fourth-order valence-electron chi connectivity index (χ4n) is 2.26. The molecule has 0 aromatic carbocycles. The van der Waals surface area contributed by atoms with Crippen LogP contribution in [0.15, 0.2) is 0 Å². The highest BCUT2D eigenvalue weighted by Gasteiger charge is 2.10. The molecule has 4 nitrogen and oxygen atoms in total. The number of carbonyl (C=O) groups is 2. The molecule has 5 heteroatoms. The Kier molecular flexibility index (Phi) is 13.5. The van der Waals surface area contributed by atoms with E-state index >= 15 is 0 Å². The summed E-state index contributed by atoms with van der Waals surface area (Å²) in [4.78, 5) is 27.5. The number of likely N-dealkylation sites (N-methyl/N-ethyl adjacent to an activating group) is 2. The molecular formula is C18H36N2O2S. The SMILES string of the molecule is CC(C)N(C)CCN(C)C(=O)CCCCCCCC(=O)CCS. The summed E-state index contributed by atoms with van der Waals surface area (Å²) in [5.41, 5.74) is 0. The molecule has 0 aromatic rings. The lowest BCUT2D eigenvalue weighted by molar-refractivity contribution is -0.130. The second-order valence-electron chi connectivity index (χ2n) is 6.67. The third-order valence-corrected chi connectivity index (χ3v) is 4.56. The lowest BCUT2D eigenvalue weighted by atomic mass is 10.1. The lowest BCUT2D eigenvalue weighted by Crippen LogP contribution is -2.37. The maximum atomic E-state index is 12.0. The van der Waals surface area contributed by atoms with Crippen LogP contribution in [0, 0.1) is 0 Å². The maximum absolute atomic E-state index is 12.0. The Hall–Kier alpha value is -0.550. The Morgan fingerprint density at radius 3 is 2.00 bits per heavy atom. The van der Waals surface area contributed by atoms with Crippen LogP contribution in [0.25, 0.3) is 0 Å². The van der Waals surface area contributed by atoms with Gasteiger partial charge in [0.1, 0.15) is 5.78 Å². The second kappa shape index (κ2) is 13.8. The molecule has 0 radical (unpaired) electrons. The minimum absolute atomic E-state index is 0.242. The average molecular weight is 345 g/mol. The van der Waals surface area contributed by atoms with Gasteiger partial charge in [0.15, 0.2) is 0 Å². The first-order valence-corrected chi connectivity index (χ1v) is 9.58. The second-order valence-corrected chi connectivity index (χ2v) is 7.12. The van der Waals surface area contributed by atoms with Gasteiger partial charge in [-0.05, 0) is 39.5 Å². The van der Waals surface area contributed by atoms with Gasteiger partial charge in [-0.3, -0.25) is 9.59 Å². The fourth-order valence-corrected chi connectivity index (χ4v) is 2.51. The predicted octanol–water partition coefficient (Wildman–Crippen LogP) is 3.40. The van der Waals surface area contributed by atoms with Gasteiger partial charge in [-0.1, -0.05) is 19.3 Å². The smallest absolute Gasteiger partial charge is 0.222 e. The number of thiol groups is 1. The summed E-state index contributed by atoms with van der Waals surface area (Å²) >= 11 is 4.06. The standard InChI is InChI=1S/C18H36N2O2S/c1-16(2)19(3)13-14-20(4)18(22)11-9-7-5-6-8-10-17(21)12-15-23/h16,23H,5-15H2,1-4H3. The van der Waals surface area contributed by atoms with E-state index in [1.165, 1.54) is 0 Å². The Labute approximate surface area is 148 Å². The molecule has 0 atom stereocenters. The quantitative estimate of drug-likeness (QED) is 0.388. The molecule has 0 spiro atoms. The van der Waals surface area contributed by atoms with E-state index in [1.807, 2.05) is 11.9 Å². The number of carbonyl (C=O) groups excluding carboxylic acids is 2. The summed E-state index contributed by atoms with van der Waals surface area (Å²) in [5, 5.41) is 0. The molecule has 0 bridgehead atoms. The van der Waals surface area contributed by atoms with Crippen molar-refractivity contribution in [2.24, 2.45) is 0 Å². The van der Waals surface area contributed by atoms with Crippen LogP contribution in [-0.2, 0) is 9.59 Å². The zero-order valence-electron chi connectivity index (χ0n) is 15.5. The van der Waals surface area contributed by atoms with E-state index in [-0.39, 0.29) is 5.91 Å². The molecule has 0 saturated carbocycles. The summed E-state index contributed by atoms with van der Waals surface area (Å²) in [6.07, 6.45) is 7.12. The number of hydrogen-bond acceptors (Lipinski definition) is 4. The molecule has 0 aromatic heterocycles. The molecule has 0 aliphatic heterocycles. The van der Waals surface area contributed by atoms with E-state index < -0.39 is 0 Å². The highest BCUT2D eigenvalue weighted by atomic mass is 32.1. The molecule has 23 heavy (non-hydrogen) atoms. The van der Waals surface area contributed by atoms with Gasteiger partial charge >= 0.3 is 0 Å². The largest absolute Gasteiger partial charge is 0.344 e. The molecule has 0 heterocycles. The van der Waals surface area contributed by atoms with Gasteiger partial charge in [0.2, 0.25) is 5.91 Å². The highest BCUT2D eigenvalue weighted by molar-refractivity contribution is 7.80. The van der Waals surface area contributed by atoms with E-state index in [1.54, 1.807) is 0 Å². The maximum Gasteiger partial charge on any atom is 0.222 e. The Morgan fingerprint density at radius 2 is 1.43 bits per heavy atom. The van der Waals surface area contributed by atoms with Gasteiger partial charge in [-0.15, -0.1) is 0 Å². The van der Waals surface area contributed by atoms with Crippen molar-refractivity contribution in [2.45, 2.75) is 71.3 Å². The first-order valence-electron chi connectivity index (χ1n) is 8.95. The Morgan fingerprint density at radius 1 is 0.870 bits per heavy atom. The van der Waals surface area contributed by atoms with E-state index in [0.717, 1.165) is 45.2 Å². The van der Waals surface area contributed by atoms with Gasteiger partial charge in [-0.2, -0.15) is 12.6 Å². The van der Waals surface area contributed by atoms with Crippen LogP contribution in [-0.4, -0.2) is 60.5 Å². The minimum atomic E-state index is 0.242. The number of unbranched alkanes of at least 4 members (excludes halogenated alkanes) is 4. The van der Waals surface area contributed by atoms with Crippen LogP contribution >= 0.6 is 12.6 Å². The fraction of sp³-hybridized carbons (Fsp3) is 0.889. The lowest BCUT2D eigenvalue weighted by Gasteiger charge is -2.24. The molecule has 0 fully saturated rings. The first-order chi connectivity index (χ1) is 10.9.